The Kier molecular flexibility index (Phi) is 3.09. The minimum atomic E-state index is 0.00338. The van der Waals surface area contributed by atoms with Crippen LogP contribution in [-0.2, 0) is 11.2 Å². The lowest BCUT2D eigenvalue weighted by atomic mass is 10.3. The van der Waals surface area contributed by atoms with E-state index in [-0.39, 0.29) is 5.91 Å². The highest BCUT2D eigenvalue weighted by molar-refractivity contribution is 7.10. The van der Waals surface area contributed by atoms with Gasteiger partial charge in [-0.3, -0.25) is 9.78 Å². The summed E-state index contributed by atoms with van der Waals surface area (Å²) in [7, 11) is 0. The molecule has 0 saturated carbocycles. The zero-order valence-corrected chi connectivity index (χ0v) is 8.83. The van der Waals surface area contributed by atoms with Crippen LogP contribution in [0.5, 0.6) is 0 Å². The van der Waals surface area contributed by atoms with Gasteiger partial charge < -0.3 is 5.32 Å². The SMILES string of the molecule is O=C(Cc1cccs1)Nc1ccncc1. The summed E-state index contributed by atoms with van der Waals surface area (Å²) in [5.74, 6) is 0.00338. The van der Waals surface area contributed by atoms with Gasteiger partial charge >= 0.3 is 0 Å². The predicted octanol–water partition coefficient (Wildman–Crippen LogP) is 2.32. The Morgan fingerprint density at radius 3 is 2.80 bits per heavy atom. The summed E-state index contributed by atoms with van der Waals surface area (Å²) >= 11 is 1.59. The van der Waals surface area contributed by atoms with Crippen molar-refractivity contribution in [2.45, 2.75) is 6.42 Å². The van der Waals surface area contributed by atoms with Crippen LogP contribution in [0.1, 0.15) is 4.88 Å². The highest BCUT2D eigenvalue weighted by Crippen LogP contribution is 2.10. The van der Waals surface area contributed by atoms with Gasteiger partial charge in [0.05, 0.1) is 6.42 Å². The summed E-state index contributed by atoms with van der Waals surface area (Å²) in [5.41, 5.74) is 0.784. The van der Waals surface area contributed by atoms with E-state index in [1.807, 2.05) is 17.5 Å². The van der Waals surface area contributed by atoms with Crippen LogP contribution in [-0.4, -0.2) is 10.9 Å². The summed E-state index contributed by atoms with van der Waals surface area (Å²) in [4.78, 5) is 16.5. The Morgan fingerprint density at radius 1 is 1.33 bits per heavy atom. The van der Waals surface area contributed by atoms with E-state index < -0.39 is 0 Å². The van der Waals surface area contributed by atoms with Crippen molar-refractivity contribution < 1.29 is 4.79 Å². The smallest absolute Gasteiger partial charge is 0.229 e. The lowest BCUT2D eigenvalue weighted by Crippen LogP contribution is -2.13. The first kappa shape index (κ1) is 9.86. The van der Waals surface area contributed by atoms with Gasteiger partial charge in [0.2, 0.25) is 5.91 Å². The number of thiophene rings is 1. The van der Waals surface area contributed by atoms with Crippen LogP contribution in [0.3, 0.4) is 0 Å². The van der Waals surface area contributed by atoms with Gasteiger partial charge in [0.15, 0.2) is 0 Å². The van der Waals surface area contributed by atoms with Crippen LogP contribution < -0.4 is 5.32 Å². The molecule has 0 aromatic carbocycles. The first-order chi connectivity index (χ1) is 7.34. The van der Waals surface area contributed by atoms with Crippen LogP contribution >= 0.6 is 11.3 Å². The van der Waals surface area contributed by atoms with E-state index in [1.165, 1.54) is 0 Å². The van der Waals surface area contributed by atoms with Crippen molar-refractivity contribution in [3.05, 3.63) is 46.9 Å². The molecule has 76 valence electrons. The van der Waals surface area contributed by atoms with Gasteiger partial charge in [0.1, 0.15) is 0 Å². The Bertz CT molecular complexity index is 425. The molecular weight excluding hydrogens is 208 g/mol. The Balaban J connectivity index is 1.94. The molecule has 0 radical (unpaired) electrons. The number of amides is 1. The molecule has 2 heterocycles. The molecule has 0 atom stereocenters. The lowest BCUT2D eigenvalue weighted by molar-refractivity contribution is -0.115. The fraction of sp³-hybridized carbons (Fsp3) is 0.0909. The third-order valence-corrected chi connectivity index (χ3v) is 2.76. The summed E-state index contributed by atoms with van der Waals surface area (Å²) in [6.45, 7) is 0. The van der Waals surface area contributed by atoms with E-state index in [9.17, 15) is 4.79 Å². The van der Waals surface area contributed by atoms with Gasteiger partial charge in [-0.25, -0.2) is 0 Å². The fourth-order valence-corrected chi connectivity index (χ4v) is 1.92. The van der Waals surface area contributed by atoms with Gasteiger partial charge in [-0.2, -0.15) is 0 Å². The Labute approximate surface area is 91.8 Å². The van der Waals surface area contributed by atoms with Crippen LogP contribution in [0.15, 0.2) is 42.0 Å². The molecule has 0 bridgehead atoms. The molecule has 0 aliphatic rings. The second kappa shape index (κ2) is 4.70. The Morgan fingerprint density at radius 2 is 2.13 bits per heavy atom. The van der Waals surface area contributed by atoms with Gasteiger partial charge in [0, 0.05) is 23.0 Å². The molecule has 4 heteroatoms. The van der Waals surface area contributed by atoms with E-state index in [0.29, 0.717) is 6.42 Å². The Hall–Kier alpha value is -1.68. The molecule has 0 saturated heterocycles. The number of pyridine rings is 1. The van der Waals surface area contributed by atoms with Gasteiger partial charge in [-0.15, -0.1) is 11.3 Å². The molecule has 1 N–H and O–H groups in total. The second-order valence-electron chi connectivity index (χ2n) is 3.04. The van der Waals surface area contributed by atoms with Gasteiger partial charge in [-0.05, 0) is 23.6 Å². The quantitative estimate of drug-likeness (QED) is 0.859. The van der Waals surface area contributed by atoms with Crippen LogP contribution in [0.4, 0.5) is 5.69 Å². The number of nitrogens with zero attached hydrogens (tertiary/aromatic N) is 1. The third kappa shape index (κ3) is 2.89. The average molecular weight is 218 g/mol. The number of aromatic nitrogens is 1. The lowest BCUT2D eigenvalue weighted by Gasteiger charge is -2.02. The molecule has 15 heavy (non-hydrogen) atoms. The molecule has 0 fully saturated rings. The summed E-state index contributed by atoms with van der Waals surface area (Å²) in [5, 5.41) is 4.78. The van der Waals surface area contributed by atoms with E-state index in [1.54, 1.807) is 35.9 Å². The van der Waals surface area contributed by atoms with Crippen LogP contribution in [0.25, 0.3) is 0 Å². The first-order valence-electron chi connectivity index (χ1n) is 4.57. The number of carbonyl (C=O) groups is 1. The van der Waals surface area contributed by atoms with Crippen LogP contribution in [0, 0.1) is 0 Å². The first-order valence-corrected chi connectivity index (χ1v) is 5.45. The van der Waals surface area contributed by atoms with E-state index in [4.69, 9.17) is 0 Å². The predicted molar refractivity (Wildman–Crippen MR) is 60.9 cm³/mol. The number of carbonyl (C=O) groups excluding carboxylic acids is 1. The second-order valence-corrected chi connectivity index (χ2v) is 4.07. The maximum Gasteiger partial charge on any atom is 0.229 e. The largest absolute Gasteiger partial charge is 0.326 e. The number of anilines is 1. The molecule has 0 aliphatic heterocycles. The molecule has 2 aromatic heterocycles. The molecule has 1 amide bonds. The van der Waals surface area contributed by atoms with E-state index in [0.717, 1.165) is 10.6 Å². The van der Waals surface area contributed by atoms with Crippen molar-refractivity contribution in [1.29, 1.82) is 0 Å². The molecule has 2 rings (SSSR count). The average Bonchev–Trinajstić information content (AvgIpc) is 2.71. The number of hydrogen-bond donors (Lipinski definition) is 1. The fourth-order valence-electron chi connectivity index (χ4n) is 1.21. The monoisotopic (exact) mass is 218 g/mol. The highest BCUT2D eigenvalue weighted by Gasteiger charge is 2.03. The van der Waals surface area contributed by atoms with Gasteiger partial charge in [0.25, 0.3) is 0 Å². The zero-order chi connectivity index (χ0) is 10.5. The summed E-state index contributed by atoms with van der Waals surface area (Å²) in [6, 6.07) is 7.44. The van der Waals surface area contributed by atoms with E-state index in [2.05, 4.69) is 10.3 Å². The molecule has 0 unspecified atom stereocenters. The number of nitrogens with one attached hydrogen (secondary N) is 1. The zero-order valence-electron chi connectivity index (χ0n) is 8.01. The van der Waals surface area contributed by atoms with Crippen molar-refractivity contribution in [3.63, 3.8) is 0 Å². The van der Waals surface area contributed by atoms with Gasteiger partial charge in [-0.1, -0.05) is 6.07 Å². The molecule has 2 aromatic rings. The molecular formula is C11H10N2OS. The van der Waals surface area contributed by atoms with Crippen LogP contribution in [0.2, 0.25) is 0 Å². The molecule has 3 nitrogen and oxygen atoms in total. The highest BCUT2D eigenvalue weighted by atomic mass is 32.1. The summed E-state index contributed by atoms with van der Waals surface area (Å²) < 4.78 is 0. The maximum absolute atomic E-state index is 11.6. The summed E-state index contributed by atoms with van der Waals surface area (Å²) in [6.07, 6.45) is 3.74. The number of hydrogen-bond acceptors (Lipinski definition) is 3. The van der Waals surface area contributed by atoms with Crippen molar-refractivity contribution in [2.75, 3.05) is 5.32 Å². The van der Waals surface area contributed by atoms with Crippen molar-refractivity contribution in [2.24, 2.45) is 0 Å². The molecule has 0 aliphatic carbocycles. The topological polar surface area (TPSA) is 42.0 Å². The molecule has 0 spiro atoms. The minimum Gasteiger partial charge on any atom is -0.326 e. The van der Waals surface area contributed by atoms with Crippen molar-refractivity contribution in [3.8, 4) is 0 Å². The normalized spacial score (nSPS) is 9.87. The van der Waals surface area contributed by atoms with E-state index >= 15 is 0 Å². The minimum absolute atomic E-state index is 0.00338. The number of rotatable bonds is 3. The standard InChI is InChI=1S/C11H10N2OS/c14-11(8-10-2-1-7-15-10)13-9-3-5-12-6-4-9/h1-7H,8H2,(H,12,13,14). The van der Waals surface area contributed by atoms with Crippen molar-refractivity contribution in [1.82, 2.24) is 4.98 Å². The maximum atomic E-state index is 11.6. The van der Waals surface area contributed by atoms with Crippen molar-refractivity contribution >= 4 is 22.9 Å². The third-order valence-electron chi connectivity index (χ3n) is 1.88.